The van der Waals surface area contributed by atoms with Crippen molar-refractivity contribution in [2.75, 3.05) is 31.5 Å². The number of carbonyl (C=O) groups is 1. The molecule has 1 aliphatic rings. The van der Waals surface area contributed by atoms with E-state index in [2.05, 4.69) is 36.3 Å². The molecule has 0 atom stereocenters. The van der Waals surface area contributed by atoms with Crippen LogP contribution >= 0.6 is 15.9 Å². The Balaban J connectivity index is 1.33. The van der Waals surface area contributed by atoms with Crippen LogP contribution < -0.4 is 5.32 Å². The molecule has 0 aliphatic carbocycles. The number of urea groups is 1. The van der Waals surface area contributed by atoms with E-state index in [1.54, 1.807) is 0 Å². The summed E-state index contributed by atoms with van der Waals surface area (Å²) in [5, 5.41) is 7.09. The molecule has 2 heterocycles. The Kier molecular flexibility index (Phi) is 6.21. The maximum atomic E-state index is 12.6. The van der Waals surface area contributed by atoms with E-state index in [-0.39, 0.29) is 6.03 Å². The maximum Gasteiger partial charge on any atom is 0.321 e. The second-order valence-corrected chi connectivity index (χ2v) is 7.76. The zero-order chi connectivity index (χ0) is 20.1. The van der Waals surface area contributed by atoms with Crippen LogP contribution in [-0.2, 0) is 6.54 Å². The van der Waals surface area contributed by atoms with Gasteiger partial charge in [0.1, 0.15) is 0 Å². The second-order valence-electron chi connectivity index (χ2n) is 6.91. The number of para-hydroxylation sites is 1. The average molecular weight is 456 g/mol. The van der Waals surface area contributed by atoms with Crippen molar-refractivity contribution in [2.24, 2.45) is 0 Å². The minimum atomic E-state index is -0.0790. The fraction of sp³-hybridized carbons (Fsp3) is 0.286. The molecule has 2 aromatic carbocycles. The summed E-state index contributed by atoms with van der Waals surface area (Å²) in [5.74, 6) is 1.19. The third-order valence-corrected chi connectivity index (χ3v) is 5.54. The highest BCUT2D eigenvalue weighted by molar-refractivity contribution is 9.10. The van der Waals surface area contributed by atoms with E-state index >= 15 is 0 Å². The average Bonchev–Trinajstić information content (AvgIpc) is 3.08. The number of benzene rings is 2. The Morgan fingerprint density at radius 1 is 1.03 bits per heavy atom. The first-order valence-electron chi connectivity index (χ1n) is 9.60. The molecule has 0 bridgehead atoms. The van der Waals surface area contributed by atoms with E-state index in [9.17, 15) is 4.79 Å². The zero-order valence-electron chi connectivity index (χ0n) is 15.9. The molecule has 3 aromatic rings. The van der Waals surface area contributed by atoms with E-state index in [4.69, 9.17) is 4.52 Å². The van der Waals surface area contributed by atoms with Crippen molar-refractivity contribution >= 4 is 27.6 Å². The van der Waals surface area contributed by atoms with E-state index in [0.29, 0.717) is 31.3 Å². The maximum absolute atomic E-state index is 12.6. The van der Waals surface area contributed by atoms with Crippen molar-refractivity contribution < 1.29 is 9.32 Å². The molecule has 1 fully saturated rings. The quantitative estimate of drug-likeness (QED) is 0.636. The van der Waals surface area contributed by atoms with Gasteiger partial charge in [-0.3, -0.25) is 4.90 Å². The highest BCUT2D eigenvalue weighted by atomic mass is 79.9. The molecule has 7 nitrogen and oxygen atoms in total. The summed E-state index contributed by atoms with van der Waals surface area (Å²) in [6.07, 6.45) is 0.896. The van der Waals surface area contributed by atoms with Crippen molar-refractivity contribution in [2.45, 2.75) is 13.0 Å². The molecule has 150 valence electrons. The monoisotopic (exact) mass is 455 g/mol. The van der Waals surface area contributed by atoms with Crippen molar-refractivity contribution in [1.82, 2.24) is 19.9 Å². The third kappa shape index (κ3) is 5.02. The molecule has 8 heteroatoms. The lowest BCUT2D eigenvalue weighted by Gasteiger charge is -2.22. The van der Waals surface area contributed by atoms with Gasteiger partial charge < -0.3 is 14.7 Å². The van der Waals surface area contributed by atoms with E-state index in [1.165, 1.54) is 0 Å². The number of carbonyl (C=O) groups excluding carboxylic acids is 1. The lowest BCUT2D eigenvalue weighted by atomic mass is 10.2. The topological polar surface area (TPSA) is 74.5 Å². The van der Waals surface area contributed by atoms with Gasteiger partial charge in [-0.1, -0.05) is 35.5 Å². The first-order chi connectivity index (χ1) is 14.2. The van der Waals surface area contributed by atoms with E-state index in [1.807, 2.05) is 59.5 Å². The van der Waals surface area contributed by atoms with Crippen LogP contribution in [-0.4, -0.2) is 52.2 Å². The lowest BCUT2D eigenvalue weighted by molar-refractivity contribution is 0.210. The molecule has 0 spiro atoms. The van der Waals surface area contributed by atoms with Crippen molar-refractivity contribution in [1.29, 1.82) is 0 Å². The number of rotatable bonds is 4. The molecular weight excluding hydrogens is 434 g/mol. The second kappa shape index (κ2) is 9.19. The van der Waals surface area contributed by atoms with Crippen LogP contribution in [0.25, 0.3) is 11.5 Å². The normalized spacial score (nSPS) is 15.1. The van der Waals surface area contributed by atoms with Gasteiger partial charge in [-0.2, -0.15) is 4.98 Å². The first-order valence-corrected chi connectivity index (χ1v) is 10.4. The van der Waals surface area contributed by atoms with Crippen molar-refractivity contribution in [3.63, 3.8) is 0 Å². The van der Waals surface area contributed by atoms with Gasteiger partial charge in [0.15, 0.2) is 5.82 Å². The Bertz CT molecular complexity index is 962. The Morgan fingerprint density at radius 2 is 1.83 bits per heavy atom. The van der Waals surface area contributed by atoms with Crippen molar-refractivity contribution in [3.05, 3.63) is 64.9 Å². The fourth-order valence-electron chi connectivity index (χ4n) is 3.31. The Morgan fingerprint density at radius 3 is 2.66 bits per heavy atom. The third-order valence-electron chi connectivity index (χ3n) is 4.85. The number of anilines is 1. The Labute approximate surface area is 177 Å². The lowest BCUT2D eigenvalue weighted by Crippen LogP contribution is -2.38. The highest BCUT2D eigenvalue weighted by Crippen LogP contribution is 2.22. The van der Waals surface area contributed by atoms with Gasteiger partial charge >= 0.3 is 6.03 Å². The molecule has 4 rings (SSSR count). The van der Waals surface area contributed by atoms with Crippen LogP contribution in [0.1, 0.15) is 12.2 Å². The molecular formula is C21H22BrN5O2. The van der Waals surface area contributed by atoms with Crippen LogP contribution in [0, 0.1) is 0 Å². The van der Waals surface area contributed by atoms with Gasteiger partial charge in [-0.05, 0) is 46.6 Å². The molecule has 1 N–H and O–H groups in total. The van der Waals surface area contributed by atoms with E-state index < -0.39 is 0 Å². The van der Waals surface area contributed by atoms with Gasteiger partial charge in [-0.15, -0.1) is 0 Å². The summed E-state index contributed by atoms with van der Waals surface area (Å²) in [5.41, 5.74) is 1.69. The molecule has 0 saturated carbocycles. The van der Waals surface area contributed by atoms with Crippen LogP contribution in [0.2, 0.25) is 0 Å². The molecule has 0 radical (unpaired) electrons. The standard InChI is InChI=1S/C21H22BrN5O2/c22-17-9-4-5-10-18(17)23-21(28)27-12-6-11-26(13-14-27)15-19-24-20(29-25-19)16-7-2-1-3-8-16/h1-5,7-10H,6,11-15H2,(H,23,28). The van der Waals surface area contributed by atoms with Crippen molar-refractivity contribution in [3.8, 4) is 11.5 Å². The van der Waals surface area contributed by atoms with Gasteiger partial charge in [0.05, 0.1) is 12.2 Å². The van der Waals surface area contributed by atoms with Crippen LogP contribution in [0.3, 0.4) is 0 Å². The molecule has 1 aliphatic heterocycles. The predicted molar refractivity (Wildman–Crippen MR) is 114 cm³/mol. The molecule has 29 heavy (non-hydrogen) atoms. The van der Waals surface area contributed by atoms with Crippen LogP contribution in [0.4, 0.5) is 10.5 Å². The zero-order valence-corrected chi connectivity index (χ0v) is 17.5. The fourth-order valence-corrected chi connectivity index (χ4v) is 3.69. The summed E-state index contributed by atoms with van der Waals surface area (Å²) < 4.78 is 6.27. The predicted octanol–water partition coefficient (Wildman–Crippen LogP) is 4.24. The van der Waals surface area contributed by atoms with Gasteiger partial charge in [0.25, 0.3) is 5.89 Å². The summed E-state index contributed by atoms with van der Waals surface area (Å²) in [4.78, 5) is 21.2. The van der Waals surface area contributed by atoms with Gasteiger partial charge in [-0.25, -0.2) is 4.79 Å². The molecule has 1 aromatic heterocycles. The minimum absolute atomic E-state index is 0.0790. The first kappa shape index (κ1) is 19.6. The summed E-state index contributed by atoms with van der Waals surface area (Å²) in [6.45, 7) is 3.62. The number of hydrogen-bond donors (Lipinski definition) is 1. The number of aromatic nitrogens is 2. The molecule has 1 saturated heterocycles. The van der Waals surface area contributed by atoms with Gasteiger partial charge in [0, 0.05) is 36.2 Å². The van der Waals surface area contributed by atoms with E-state index in [0.717, 1.165) is 35.2 Å². The number of hydrogen-bond acceptors (Lipinski definition) is 5. The SMILES string of the molecule is O=C(Nc1ccccc1Br)N1CCCN(Cc2noc(-c3ccccc3)n2)CC1. The summed E-state index contributed by atoms with van der Waals surface area (Å²) in [7, 11) is 0. The molecule has 0 unspecified atom stereocenters. The number of amides is 2. The summed E-state index contributed by atoms with van der Waals surface area (Å²) >= 11 is 3.47. The number of nitrogens with zero attached hydrogens (tertiary/aromatic N) is 4. The largest absolute Gasteiger partial charge is 0.334 e. The van der Waals surface area contributed by atoms with Gasteiger partial charge in [0.2, 0.25) is 0 Å². The highest BCUT2D eigenvalue weighted by Gasteiger charge is 2.21. The summed E-state index contributed by atoms with van der Waals surface area (Å²) in [6, 6.07) is 17.3. The number of halogens is 1. The number of nitrogens with one attached hydrogen (secondary N) is 1. The smallest absolute Gasteiger partial charge is 0.321 e. The van der Waals surface area contributed by atoms with Crippen LogP contribution in [0.15, 0.2) is 63.6 Å². The van der Waals surface area contributed by atoms with Crippen LogP contribution in [0.5, 0.6) is 0 Å². The minimum Gasteiger partial charge on any atom is -0.334 e. The Hall–Kier alpha value is -2.71. The molecule has 2 amide bonds.